The quantitative estimate of drug-likeness (QED) is 0.353. The zero-order valence-corrected chi connectivity index (χ0v) is 21.6. The maximum absolute atomic E-state index is 10.3. The Labute approximate surface area is 214 Å². The fourth-order valence-electron chi connectivity index (χ4n) is 6.48. The van der Waals surface area contributed by atoms with Crippen molar-refractivity contribution in [2.45, 2.75) is 30.6 Å². The van der Waals surface area contributed by atoms with Crippen LogP contribution < -0.4 is 4.90 Å². The first kappa shape index (κ1) is 21.7. The van der Waals surface area contributed by atoms with Crippen molar-refractivity contribution in [2.75, 3.05) is 37.7 Å². The van der Waals surface area contributed by atoms with E-state index in [2.05, 4.69) is 39.0 Å². The summed E-state index contributed by atoms with van der Waals surface area (Å²) in [5, 5.41) is 2.02. The highest BCUT2D eigenvalue weighted by molar-refractivity contribution is 6.53. The standard InChI is InChI=1S/C27H28N6O3Si/c34-37-15-17-11-18(37)14-33(17)13-16-10-21-23-24(36-27(21)29-12-16)26(32-6-8-35-9-7-32)31-25(30-23)20-2-1-3-22-19(20)4-5-28-22/h1-5,10,12,17-18,28,34,37H,6-9,11,13-15H2/t17-,18?,37?/m0/s1. The van der Waals surface area contributed by atoms with Crippen molar-refractivity contribution >= 4 is 48.0 Å². The molecule has 10 heteroatoms. The molecule has 0 aliphatic carbocycles. The molecule has 37 heavy (non-hydrogen) atoms. The van der Waals surface area contributed by atoms with Gasteiger partial charge in [-0.05, 0) is 41.8 Å². The molecule has 2 unspecified atom stereocenters. The molecular weight excluding hydrogens is 484 g/mol. The minimum atomic E-state index is -1.50. The van der Waals surface area contributed by atoms with Crippen LogP contribution >= 0.6 is 0 Å². The van der Waals surface area contributed by atoms with Gasteiger partial charge in [-0.1, -0.05) is 12.1 Å². The first-order valence-electron chi connectivity index (χ1n) is 13.1. The zero-order valence-electron chi connectivity index (χ0n) is 20.4. The van der Waals surface area contributed by atoms with Crippen LogP contribution in [0.3, 0.4) is 0 Å². The Balaban J connectivity index is 1.27. The summed E-state index contributed by atoms with van der Waals surface area (Å²) in [6, 6.07) is 12.0. The number of hydrogen-bond donors (Lipinski definition) is 2. The van der Waals surface area contributed by atoms with Crippen molar-refractivity contribution < 1.29 is 13.9 Å². The molecule has 9 nitrogen and oxygen atoms in total. The van der Waals surface area contributed by atoms with Crippen molar-refractivity contribution in [1.29, 1.82) is 0 Å². The van der Waals surface area contributed by atoms with Gasteiger partial charge in [0.25, 0.3) is 0 Å². The van der Waals surface area contributed by atoms with Crippen LogP contribution in [0.15, 0.2) is 47.1 Å². The number of pyridine rings is 1. The van der Waals surface area contributed by atoms with E-state index in [4.69, 9.17) is 24.1 Å². The second kappa shape index (κ2) is 8.35. The van der Waals surface area contributed by atoms with Gasteiger partial charge in [-0.15, -0.1) is 0 Å². The molecule has 0 spiro atoms. The predicted octanol–water partition coefficient (Wildman–Crippen LogP) is 3.43. The summed E-state index contributed by atoms with van der Waals surface area (Å²) in [6.45, 7) is 4.68. The number of furan rings is 1. The predicted molar refractivity (Wildman–Crippen MR) is 144 cm³/mol. The molecule has 0 radical (unpaired) electrons. The van der Waals surface area contributed by atoms with Crippen molar-refractivity contribution in [3.63, 3.8) is 0 Å². The lowest BCUT2D eigenvalue weighted by molar-refractivity contribution is 0.122. The SMILES string of the molecule is O[SiH]1C[C@@H]2CC1CN2Cc1cnc2oc3c(N4CCOCC4)nc(-c4cccc5[nH]ccc45)nc3c2c1. The summed E-state index contributed by atoms with van der Waals surface area (Å²) in [5.41, 5.74) is 5.81. The van der Waals surface area contributed by atoms with Gasteiger partial charge in [0.15, 0.2) is 26.3 Å². The lowest BCUT2D eigenvalue weighted by Crippen LogP contribution is -2.37. The molecule has 3 aliphatic rings. The molecule has 2 bridgehead atoms. The van der Waals surface area contributed by atoms with Gasteiger partial charge in [0.1, 0.15) is 5.52 Å². The van der Waals surface area contributed by atoms with E-state index in [-0.39, 0.29) is 0 Å². The van der Waals surface area contributed by atoms with E-state index < -0.39 is 9.04 Å². The fourth-order valence-corrected chi connectivity index (χ4v) is 9.06. The van der Waals surface area contributed by atoms with E-state index in [0.29, 0.717) is 41.9 Å². The van der Waals surface area contributed by atoms with Gasteiger partial charge in [-0.3, -0.25) is 4.90 Å². The fraction of sp³-hybridized carbons (Fsp3) is 0.370. The second-order valence-corrected chi connectivity index (χ2v) is 13.1. The third kappa shape index (κ3) is 3.51. The topological polar surface area (TPSA) is 104 Å². The van der Waals surface area contributed by atoms with Crippen molar-refractivity contribution in [2.24, 2.45) is 0 Å². The third-order valence-corrected chi connectivity index (χ3v) is 11.0. The Kier molecular flexibility index (Phi) is 4.91. The van der Waals surface area contributed by atoms with Gasteiger partial charge in [0.05, 0.1) is 18.6 Å². The summed E-state index contributed by atoms with van der Waals surface area (Å²) in [4.78, 5) is 33.2. The van der Waals surface area contributed by atoms with E-state index in [1.807, 2.05) is 18.5 Å². The minimum Gasteiger partial charge on any atom is -0.434 e. The summed E-state index contributed by atoms with van der Waals surface area (Å²) in [7, 11) is -1.50. The molecule has 8 rings (SSSR count). The number of aromatic amines is 1. The number of ether oxygens (including phenoxy) is 1. The average Bonchev–Trinajstić information content (AvgIpc) is 3.71. The van der Waals surface area contributed by atoms with Crippen LogP contribution in [0.25, 0.3) is 44.5 Å². The summed E-state index contributed by atoms with van der Waals surface area (Å²) in [5.74, 6) is 1.48. The number of hydrogen-bond acceptors (Lipinski definition) is 8. The van der Waals surface area contributed by atoms with Gasteiger partial charge in [0, 0.05) is 61.1 Å². The molecular formula is C27H28N6O3Si. The smallest absolute Gasteiger partial charge is 0.229 e. The number of nitrogens with zero attached hydrogens (tertiary/aromatic N) is 5. The highest BCUT2D eigenvalue weighted by Gasteiger charge is 2.44. The first-order chi connectivity index (χ1) is 18.2. The van der Waals surface area contributed by atoms with Crippen LogP contribution in [-0.2, 0) is 11.3 Å². The van der Waals surface area contributed by atoms with Gasteiger partial charge in [0.2, 0.25) is 5.71 Å². The molecule has 0 amide bonds. The van der Waals surface area contributed by atoms with Gasteiger partial charge < -0.3 is 23.8 Å². The first-order valence-corrected chi connectivity index (χ1v) is 15.1. The summed E-state index contributed by atoms with van der Waals surface area (Å²) in [6.07, 6.45) is 5.03. The van der Waals surface area contributed by atoms with Crippen molar-refractivity contribution in [1.82, 2.24) is 24.8 Å². The third-order valence-electron chi connectivity index (χ3n) is 8.36. The molecule has 3 aliphatic heterocycles. The number of likely N-dealkylation sites (tertiary alicyclic amines) is 1. The number of rotatable bonds is 4. The molecule has 0 saturated carbocycles. The lowest BCUT2D eigenvalue weighted by atomic mass is 10.1. The van der Waals surface area contributed by atoms with E-state index in [1.54, 1.807) is 0 Å². The summed E-state index contributed by atoms with van der Waals surface area (Å²) >= 11 is 0. The molecule has 1 aromatic carbocycles. The van der Waals surface area contributed by atoms with E-state index in [0.717, 1.165) is 77.4 Å². The lowest BCUT2D eigenvalue weighted by Gasteiger charge is -2.28. The number of H-pyrrole nitrogens is 1. The maximum atomic E-state index is 10.3. The summed E-state index contributed by atoms with van der Waals surface area (Å²) < 4.78 is 11.9. The largest absolute Gasteiger partial charge is 0.434 e. The molecule has 7 heterocycles. The number of aromatic nitrogens is 4. The van der Waals surface area contributed by atoms with Crippen molar-refractivity contribution in [3.05, 3.63) is 48.3 Å². The maximum Gasteiger partial charge on any atom is 0.229 e. The van der Waals surface area contributed by atoms with Crippen LogP contribution in [0.1, 0.15) is 12.0 Å². The highest BCUT2D eigenvalue weighted by Crippen LogP contribution is 2.42. The molecule has 3 fully saturated rings. The molecule has 188 valence electrons. The van der Waals surface area contributed by atoms with E-state index in [9.17, 15) is 4.80 Å². The Hall–Kier alpha value is -3.31. The Morgan fingerprint density at radius 2 is 2.05 bits per heavy atom. The normalized spacial score (nSPS) is 24.2. The average molecular weight is 513 g/mol. The van der Waals surface area contributed by atoms with Gasteiger partial charge in [-0.2, -0.15) is 0 Å². The number of nitrogens with one attached hydrogen (secondary N) is 1. The monoisotopic (exact) mass is 512 g/mol. The number of morpholine rings is 1. The molecule has 3 saturated heterocycles. The van der Waals surface area contributed by atoms with Crippen LogP contribution in [-0.4, -0.2) is 77.6 Å². The Morgan fingerprint density at radius 1 is 1.14 bits per heavy atom. The van der Waals surface area contributed by atoms with E-state index >= 15 is 0 Å². The Morgan fingerprint density at radius 3 is 2.89 bits per heavy atom. The molecule has 3 atom stereocenters. The molecule has 4 aromatic heterocycles. The van der Waals surface area contributed by atoms with Crippen molar-refractivity contribution in [3.8, 4) is 11.4 Å². The van der Waals surface area contributed by atoms with Crippen LogP contribution in [0.5, 0.6) is 0 Å². The van der Waals surface area contributed by atoms with Crippen LogP contribution in [0.2, 0.25) is 11.6 Å². The second-order valence-electron chi connectivity index (χ2n) is 10.6. The molecule has 2 N–H and O–H groups in total. The number of benzene rings is 1. The van der Waals surface area contributed by atoms with Gasteiger partial charge in [-0.25, -0.2) is 15.0 Å². The van der Waals surface area contributed by atoms with Crippen LogP contribution in [0.4, 0.5) is 5.82 Å². The number of anilines is 1. The minimum absolute atomic E-state index is 0.521. The highest BCUT2D eigenvalue weighted by atomic mass is 28.3. The Bertz CT molecular complexity index is 1640. The van der Waals surface area contributed by atoms with E-state index in [1.165, 1.54) is 0 Å². The number of fused-ring (bicyclic) bond motifs is 6. The van der Waals surface area contributed by atoms with Gasteiger partial charge >= 0.3 is 0 Å². The zero-order chi connectivity index (χ0) is 24.5. The molecule has 5 aromatic rings. The van der Waals surface area contributed by atoms with Crippen LogP contribution in [0, 0.1) is 0 Å².